The molecule has 0 atom stereocenters. The fourth-order valence-electron chi connectivity index (χ4n) is 2.33. The number of furan rings is 1. The van der Waals surface area contributed by atoms with Crippen molar-refractivity contribution in [3.63, 3.8) is 0 Å². The summed E-state index contributed by atoms with van der Waals surface area (Å²) in [6.45, 7) is 2.80. The second-order valence-electron chi connectivity index (χ2n) is 5.33. The Kier molecular flexibility index (Phi) is 4.59. The number of nitrogens with one attached hydrogen (secondary N) is 1. The van der Waals surface area contributed by atoms with Crippen molar-refractivity contribution in [1.29, 1.82) is 0 Å². The molecule has 0 aliphatic heterocycles. The summed E-state index contributed by atoms with van der Waals surface area (Å²) in [7, 11) is 3.95. The van der Waals surface area contributed by atoms with Gasteiger partial charge < -0.3 is 19.7 Å². The van der Waals surface area contributed by atoms with Gasteiger partial charge in [0.1, 0.15) is 5.76 Å². The van der Waals surface area contributed by atoms with E-state index in [0.717, 1.165) is 13.0 Å². The number of ketones is 2. The number of carbonyl (C=O) groups excluding carboxylic acids is 2. The predicted molar refractivity (Wildman–Crippen MR) is 77.3 cm³/mol. The van der Waals surface area contributed by atoms with Gasteiger partial charge in [0.25, 0.3) is 0 Å². The van der Waals surface area contributed by atoms with Crippen LogP contribution < -0.4 is 5.32 Å². The van der Waals surface area contributed by atoms with Gasteiger partial charge in [0.05, 0.1) is 17.9 Å². The highest BCUT2D eigenvalue weighted by atomic mass is 16.4. The molecule has 21 heavy (non-hydrogen) atoms. The standard InChI is InChI=1S/C15H20N2O4/c1-9-10(8-18)13-14(20)11(7-12(19)15(13)21-9)16-5-4-6-17(2)3/h7,16,18H,4-6,8H2,1-3H3. The van der Waals surface area contributed by atoms with Crippen LogP contribution in [0.5, 0.6) is 0 Å². The first-order chi connectivity index (χ1) is 9.95. The Morgan fingerprint density at radius 2 is 2.05 bits per heavy atom. The topological polar surface area (TPSA) is 82.8 Å². The third-order valence-electron chi connectivity index (χ3n) is 3.44. The third-order valence-corrected chi connectivity index (χ3v) is 3.44. The van der Waals surface area contributed by atoms with E-state index in [4.69, 9.17) is 4.42 Å². The average molecular weight is 292 g/mol. The van der Waals surface area contributed by atoms with Gasteiger partial charge >= 0.3 is 0 Å². The van der Waals surface area contributed by atoms with Crippen molar-refractivity contribution in [1.82, 2.24) is 10.2 Å². The van der Waals surface area contributed by atoms with Crippen LogP contribution >= 0.6 is 0 Å². The summed E-state index contributed by atoms with van der Waals surface area (Å²) in [5.41, 5.74) is 0.850. The van der Waals surface area contributed by atoms with E-state index >= 15 is 0 Å². The summed E-state index contributed by atoms with van der Waals surface area (Å²) in [4.78, 5) is 26.5. The van der Waals surface area contributed by atoms with Crippen molar-refractivity contribution >= 4 is 11.6 Å². The Morgan fingerprint density at radius 1 is 1.33 bits per heavy atom. The minimum Gasteiger partial charge on any atom is -0.457 e. The van der Waals surface area contributed by atoms with Gasteiger partial charge in [-0.2, -0.15) is 0 Å². The molecule has 2 rings (SSSR count). The Bertz CT molecular complexity index is 599. The van der Waals surface area contributed by atoms with E-state index in [0.29, 0.717) is 17.9 Å². The largest absolute Gasteiger partial charge is 0.457 e. The first kappa shape index (κ1) is 15.5. The molecule has 0 amide bonds. The number of hydrogen-bond acceptors (Lipinski definition) is 6. The minimum absolute atomic E-state index is 0.0281. The molecule has 1 aliphatic rings. The van der Waals surface area contributed by atoms with E-state index in [1.54, 1.807) is 6.92 Å². The molecule has 0 bridgehead atoms. The summed E-state index contributed by atoms with van der Waals surface area (Å²) in [5.74, 6) is -0.204. The van der Waals surface area contributed by atoms with Gasteiger partial charge in [0.2, 0.25) is 11.6 Å². The molecule has 6 heteroatoms. The van der Waals surface area contributed by atoms with Crippen molar-refractivity contribution < 1.29 is 19.1 Å². The molecule has 2 N–H and O–H groups in total. The SMILES string of the molecule is Cc1oc2c(c1CO)C(=O)C(NCCCN(C)C)=CC2=O. The van der Waals surface area contributed by atoms with Crippen LogP contribution in [0.4, 0.5) is 0 Å². The van der Waals surface area contributed by atoms with Crippen molar-refractivity contribution in [3.05, 3.63) is 34.4 Å². The molecule has 0 saturated heterocycles. The maximum Gasteiger partial charge on any atom is 0.223 e. The molecule has 1 aromatic heterocycles. The van der Waals surface area contributed by atoms with Crippen LogP contribution in [-0.4, -0.2) is 48.8 Å². The monoisotopic (exact) mass is 292 g/mol. The quantitative estimate of drug-likeness (QED) is 0.758. The van der Waals surface area contributed by atoms with Crippen LogP contribution in [0, 0.1) is 6.92 Å². The van der Waals surface area contributed by atoms with Gasteiger partial charge in [-0.05, 0) is 34.0 Å². The molecule has 1 aromatic rings. The zero-order valence-electron chi connectivity index (χ0n) is 12.5. The number of aryl methyl sites for hydroxylation is 1. The highest BCUT2D eigenvalue weighted by Gasteiger charge is 2.33. The second-order valence-corrected chi connectivity index (χ2v) is 5.33. The van der Waals surface area contributed by atoms with E-state index in [9.17, 15) is 14.7 Å². The van der Waals surface area contributed by atoms with Gasteiger partial charge in [0, 0.05) is 18.2 Å². The van der Waals surface area contributed by atoms with Crippen LogP contribution in [0.2, 0.25) is 0 Å². The lowest BCUT2D eigenvalue weighted by atomic mass is 9.95. The van der Waals surface area contributed by atoms with Crippen molar-refractivity contribution in [2.45, 2.75) is 20.0 Å². The number of aliphatic hydroxyl groups excluding tert-OH is 1. The predicted octanol–water partition coefficient (Wildman–Crippen LogP) is 0.885. The molecule has 0 aromatic carbocycles. The minimum atomic E-state index is -0.345. The van der Waals surface area contributed by atoms with Crippen LogP contribution in [0.15, 0.2) is 16.2 Å². The number of Topliss-reactive ketones (excluding diaryl/α,β-unsaturated/α-hetero) is 1. The molecular formula is C15H20N2O4. The Balaban J connectivity index is 2.15. The lowest BCUT2D eigenvalue weighted by Gasteiger charge is -2.15. The molecule has 0 radical (unpaired) electrons. The zero-order chi connectivity index (χ0) is 15.6. The first-order valence-corrected chi connectivity index (χ1v) is 6.88. The van der Waals surface area contributed by atoms with Gasteiger partial charge in [-0.15, -0.1) is 0 Å². The van der Waals surface area contributed by atoms with Gasteiger partial charge in [-0.3, -0.25) is 9.59 Å². The first-order valence-electron chi connectivity index (χ1n) is 6.88. The Labute approximate surface area is 123 Å². The van der Waals surface area contributed by atoms with Gasteiger partial charge in [-0.1, -0.05) is 0 Å². The van der Waals surface area contributed by atoms with Gasteiger partial charge in [0.15, 0.2) is 5.76 Å². The van der Waals surface area contributed by atoms with E-state index in [2.05, 4.69) is 5.32 Å². The van der Waals surface area contributed by atoms with Crippen molar-refractivity contribution in [2.75, 3.05) is 27.2 Å². The van der Waals surface area contributed by atoms with Crippen LogP contribution in [0.1, 0.15) is 38.7 Å². The zero-order valence-corrected chi connectivity index (χ0v) is 12.5. The number of rotatable bonds is 6. The van der Waals surface area contributed by atoms with Crippen LogP contribution in [0.25, 0.3) is 0 Å². The Morgan fingerprint density at radius 3 is 2.67 bits per heavy atom. The number of carbonyl (C=O) groups is 2. The van der Waals surface area contributed by atoms with Crippen LogP contribution in [0.3, 0.4) is 0 Å². The van der Waals surface area contributed by atoms with E-state index in [-0.39, 0.29) is 35.2 Å². The van der Waals surface area contributed by atoms with E-state index in [1.807, 2.05) is 19.0 Å². The van der Waals surface area contributed by atoms with Gasteiger partial charge in [-0.25, -0.2) is 0 Å². The average Bonchev–Trinajstić information content (AvgIpc) is 2.77. The maximum absolute atomic E-state index is 12.4. The number of hydrogen-bond donors (Lipinski definition) is 2. The molecule has 114 valence electrons. The van der Waals surface area contributed by atoms with E-state index in [1.165, 1.54) is 6.08 Å². The summed E-state index contributed by atoms with van der Waals surface area (Å²) < 4.78 is 5.31. The number of aliphatic hydroxyl groups is 1. The lowest BCUT2D eigenvalue weighted by Crippen LogP contribution is -2.29. The summed E-state index contributed by atoms with van der Waals surface area (Å²) in [6.07, 6.45) is 2.13. The molecule has 0 fully saturated rings. The van der Waals surface area contributed by atoms with Crippen molar-refractivity contribution in [2.24, 2.45) is 0 Å². The lowest BCUT2D eigenvalue weighted by molar-refractivity contribution is 0.0960. The molecule has 1 heterocycles. The molecule has 6 nitrogen and oxygen atoms in total. The molecule has 0 saturated carbocycles. The smallest absolute Gasteiger partial charge is 0.223 e. The molecular weight excluding hydrogens is 272 g/mol. The summed E-state index contributed by atoms with van der Waals surface area (Å²) in [6, 6.07) is 0. The maximum atomic E-state index is 12.4. The molecule has 0 spiro atoms. The highest BCUT2D eigenvalue weighted by Crippen LogP contribution is 2.28. The second kappa shape index (κ2) is 6.24. The summed E-state index contributed by atoms with van der Waals surface area (Å²) in [5, 5.41) is 12.4. The number of allylic oxidation sites excluding steroid dienone is 2. The summed E-state index contributed by atoms with van der Waals surface area (Å²) >= 11 is 0. The fraction of sp³-hybridized carbons (Fsp3) is 0.467. The fourth-order valence-corrected chi connectivity index (χ4v) is 2.33. The normalized spacial score (nSPS) is 14.4. The third kappa shape index (κ3) is 3.06. The van der Waals surface area contributed by atoms with Crippen molar-refractivity contribution in [3.8, 4) is 0 Å². The highest BCUT2D eigenvalue weighted by molar-refractivity contribution is 6.23. The molecule has 1 aliphatic carbocycles. The number of nitrogens with zero attached hydrogens (tertiary/aromatic N) is 1. The number of fused-ring (bicyclic) bond motifs is 1. The molecule has 0 unspecified atom stereocenters. The van der Waals surface area contributed by atoms with E-state index < -0.39 is 0 Å². The van der Waals surface area contributed by atoms with Crippen LogP contribution in [-0.2, 0) is 6.61 Å². The Hall–Kier alpha value is -1.92.